The van der Waals surface area contributed by atoms with Crippen LogP contribution in [0, 0.1) is 0 Å². The first-order valence-corrected chi connectivity index (χ1v) is 13.7. The van der Waals surface area contributed by atoms with E-state index in [4.69, 9.17) is 9.47 Å². The van der Waals surface area contributed by atoms with Gasteiger partial charge in [-0.25, -0.2) is 21.6 Å². The molecule has 30 heavy (non-hydrogen) atoms. The zero-order valence-corrected chi connectivity index (χ0v) is 19.6. The number of nitrogens with one attached hydrogen (secondary N) is 1. The lowest BCUT2D eigenvalue weighted by atomic mass is 9.84. The summed E-state index contributed by atoms with van der Waals surface area (Å²) in [5.74, 6) is 1.36. The Labute approximate surface area is 179 Å². The summed E-state index contributed by atoms with van der Waals surface area (Å²) < 4.78 is 62.4. The summed E-state index contributed by atoms with van der Waals surface area (Å²) in [7, 11) is -3.64. The van der Waals surface area contributed by atoms with Gasteiger partial charge in [0.2, 0.25) is 20.0 Å². The van der Waals surface area contributed by atoms with Crippen LogP contribution in [0.15, 0.2) is 12.1 Å². The van der Waals surface area contributed by atoms with Crippen LogP contribution in [0.2, 0.25) is 0 Å². The van der Waals surface area contributed by atoms with Crippen LogP contribution in [0.1, 0.15) is 30.0 Å². The molecule has 0 aromatic heterocycles. The van der Waals surface area contributed by atoms with Crippen LogP contribution < -0.4 is 14.2 Å². The van der Waals surface area contributed by atoms with Crippen LogP contribution >= 0.6 is 0 Å². The Morgan fingerprint density at radius 3 is 2.37 bits per heavy atom. The number of sulfonamides is 2. The quantitative estimate of drug-likeness (QED) is 0.604. The molecule has 0 bridgehead atoms. The third kappa shape index (κ3) is 5.25. The van der Waals surface area contributed by atoms with Gasteiger partial charge in [0.1, 0.15) is 0 Å². The second-order valence-corrected chi connectivity index (χ2v) is 11.7. The van der Waals surface area contributed by atoms with Gasteiger partial charge in [0.25, 0.3) is 0 Å². The van der Waals surface area contributed by atoms with E-state index < -0.39 is 20.0 Å². The SMILES string of the molecule is COc1cc2c(cc1OC)C1CC(N(CCNS(C)(=O)=O)S(C)(=O)=O)CCN1CC2. The lowest BCUT2D eigenvalue weighted by molar-refractivity contribution is 0.0910. The van der Waals surface area contributed by atoms with Gasteiger partial charge in [-0.2, -0.15) is 4.31 Å². The Morgan fingerprint density at radius 2 is 1.77 bits per heavy atom. The first-order valence-electron chi connectivity index (χ1n) is 9.93. The van der Waals surface area contributed by atoms with Crippen LogP contribution in [0.5, 0.6) is 11.5 Å². The summed E-state index contributed by atoms with van der Waals surface area (Å²) in [4.78, 5) is 2.39. The summed E-state index contributed by atoms with van der Waals surface area (Å²) in [5, 5.41) is 0. The molecule has 0 aliphatic carbocycles. The molecule has 170 valence electrons. The highest BCUT2D eigenvalue weighted by molar-refractivity contribution is 7.88. The van der Waals surface area contributed by atoms with E-state index in [1.54, 1.807) is 14.2 Å². The van der Waals surface area contributed by atoms with Crippen molar-refractivity contribution >= 4 is 20.0 Å². The van der Waals surface area contributed by atoms with Gasteiger partial charge in [-0.15, -0.1) is 0 Å². The molecule has 9 nitrogen and oxygen atoms in total. The van der Waals surface area contributed by atoms with Crippen molar-refractivity contribution in [2.24, 2.45) is 0 Å². The number of benzene rings is 1. The number of methoxy groups -OCH3 is 2. The van der Waals surface area contributed by atoms with Crippen LogP contribution in [-0.4, -0.2) is 85.0 Å². The van der Waals surface area contributed by atoms with Crippen LogP contribution in [0.25, 0.3) is 0 Å². The van der Waals surface area contributed by atoms with Crippen molar-refractivity contribution in [1.82, 2.24) is 13.9 Å². The third-order valence-corrected chi connectivity index (χ3v) is 7.95. The number of hydrogen-bond donors (Lipinski definition) is 1. The van der Waals surface area contributed by atoms with E-state index in [2.05, 4.69) is 9.62 Å². The molecule has 2 unspecified atom stereocenters. The maximum absolute atomic E-state index is 12.5. The Balaban J connectivity index is 1.85. The Hall–Kier alpha value is -1.40. The fourth-order valence-electron chi connectivity index (χ4n) is 4.54. The highest BCUT2D eigenvalue weighted by Gasteiger charge is 2.38. The van der Waals surface area contributed by atoms with Crippen molar-refractivity contribution in [1.29, 1.82) is 0 Å². The number of rotatable bonds is 8. The molecule has 1 fully saturated rings. The van der Waals surface area contributed by atoms with Crippen molar-refractivity contribution < 1.29 is 26.3 Å². The highest BCUT2D eigenvalue weighted by Crippen LogP contribution is 2.42. The van der Waals surface area contributed by atoms with Gasteiger partial charge in [0.05, 0.1) is 26.7 Å². The Bertz CT molecular complexity index is 980. The molecule has 1 N–H and O–H groups in total. The van der Waals surface area contributed by atoms with Crippen LogP contribution in [-0.2, 0) is 26.5 Å². The summed E-state index contributed by atoms with van der Waals surface area (Å²) in [5.41, 5.74) is 2.34. The molecule has 0 spiro atoms. The second kappa shape index (κ2) is 8.99. The lowest BCUT2D eigenvalue weighted by Gasteiger charge is -2.45. The maximum atomic E-state index is 12.5. The van der Waals surface area contributed by atoms with Gasteiger partial charge in [-0.3, -0.25) is 4.90 Å². The fourth-order valence-corrected chi connectivity index (χ4v) is 6.15. The predicted molar refractivity (Wildman–Crippen MR) is 115 cm³/mol. The molecule has 0 radical (unpaired) electrons. The topological polar surface area (TPSA) is 105 Å². The number of hydrogen-bond acceptors (Lipinski definition) is 7. The van der Waals surface area contributed by atoms with Gasteiger partial charge in [0.15, 0.2) is 11.5 Å². The molecule has 0 saturated carbocycles. The molecule has 2 heterocycles. The van der Waals surface area contributed by atoms with E-state index in [-0.39, 0.29) is 25.2 Å². The van der Waals surface area contributed by atoms with E-state index in [1.165, 1.54) is 16.1 Å². The summed E-state index contributed by atoms with van der Waals surface area (Å²) in [6.45, 7) is 1.86. The minimum absolute atomic E-state index is 0.0540. The van der Waals surface area contributed by atoms with Crippen molar-refractivity contribution in [3.63, 3.8) is 0 Å². The number of fused-ring (bicyclic) bond motifs is 3. The predicted octanol–water partition coefficient (Wildman–Crippen LogP) is 0.576. The van der Waals surface area contributed by atoms with Gasteiger partial charge in [-0.05, 0) is 42.5 Å². The smallest absolute Gasteiger partial charge is 0.211 e. The van der Waals surface area contributed by atoms with E-state index in [1.807, 2.05) is 12.1 Å². The maximum Gasteiger partial charge on any atom is 0.211 e. The van der Waals surface area contributed by atoms with Crippen molar-refractivity contribution in [2.75, 3.05) is 52.9 Å². The average Bonchev–Trinajstić information content (AvgIpc) is 2.67. The standard InChI is InChI=1S/C19H31N3O6S2/c1-27-18-11-14-5-8-21-9-6-15(12-17(21)16(14)13-19(18)28-2)22(30(4,25)26)10-7-20-29(3,23)24/h11,13,15,17,20H,5-10,12H2,1-4H3. The summed E-state index contributed by atoms with van der Waals surface area (Å²) in [6, 6.07) is 3.91. The Morgan fingerprint density at radius 1 is 1.10 bits per heavy atom. The van der Waals surface area contributed by atoms with Crippen LogP contribution in [0.4, 0.5) is 0 Å². The molecule has 1 saturated heterocycles. The van der Waals surface area contributed by atoms with E-state index in [9.17, 15) is 16.8 Å². The fraction of sp³-hybridized carbons (Fsp3) is 0.684. The number of piperidine rings is 1. The number of ether oxygens (including phenoxy) is 2. The van der Waals surface area contributed by atoms with Crippen molar-refractivity contribution in [2.45, 2.75) is 31.3 Å². The minimum atomic E-state index is -3.49. The highest BCUT2D eigenvalue weighted by atomic mass is 32.2. The van der Waals surface area contributed by atoms with E-state index in [0.717, 1.165) is 31.3 Å². The van der Waals surface area contributed by atoms with E-state index >= 15 is 0 Å². The van der Waals surface area contributed by atoms with Gasteiger partial charge in [-0.1, -0.05) is 0 Å². The van der Waals surface area contributed by atoms with Crippen molar-refractivity contribution in [3.8, 4) is 11.5 Å². The second-order valence-electron chi connectivity index (χ2n) is 7.93. The minimum Gasteiger partial charge on any atom is -0.493 e. The largest absolute Gasteiger partial charge is 0.493 e. The molecule has 1 aromatic carbocycles. The molecule has 3 rings (SSSR count). The van der Waals surface area contributed by atoms with Gasteiger partial charge >= 0.3 is 0 Å². The normalized spacial score (nSPS) is 22.4. The van der Waals surface area contributed by atoms with Crippen LogP contribution in [0.3, 0.4) is 0 Å². The number of nitrogens with zero attached hydrogens (tertiary/aromatic N) is 2. The first-order chi connectivity index (χ1) is 14.0. The molecule has 2 atom stereocenters. The van der Waals surface area contributed by atoms with E-state index in [0.29, 0.717) is 24.3 Å². The summed E-state index contributed by atoms with van der Waals surface area (Å²) in [6.07, 6.45) is 4.52. The molecular formula is C19H31N3O6S2. The molecule has 2 aliphatic rings. The molecule has 0 amide bonds. The molecule has 11 heteroatoms. The lowest BCUT2D eigenvalue weighted by Crippen LogP contribution is -2.51. The molecular weight excluding hydrogens is 430 g/mol. The first kappa shape index (κ1) is 23.3. The molecule has 1 aromatic rings. The average molecular weight is 462 g/mol. The third-order valence-electron chi connectivity index (χ3n) is 5.89. The monoisotopic (exact) mass is 461 g/mol. The zero-order chi connectivity index (χ0) is 22.1. The Kier molecular flexibility index (Phi) is 6.97. The summed E-state index contributed by atoms with van der Waals surface area (Å²) >= 11 is 0. The van der Waals surface area contributed by atoms with Gasteiger partial charge < -0.3 is 9.47 Å². The van der Waals surface area contributed by atoms with Gasteiger partial charge in [0, 0.05) is 38.3 Å². The molecule has 2 aliphatic heterocycles. The van der Waals surface area contributed by atoms with Crippen molar-refractivity contribution in [3.05, 3.63) is 23.3 Å². The zero-order valence-electron chi connectivity index (χ0n) is 17.9.